The molecule has 2 aromatic heterocycles. The van der Waals surface area contributed by atoms with Crippen LogP contribution in [0.15, 0.2) is 59.1 Å². The molecule has 1 saturated heterocycles. The van der Waals surface area contributed by atoms with Crippen molar-refractivity contribution in [1.82, 2.24) is 14.8 Å². The fourth-order valence-corrected chi connectivity index (χ4v) is 3.37. The highest BCUT2D eigenvalue weighted by Crippen LogP contribution is 2.26. The predicted octanol–water partition coefficient (Wildman–Crippen LogP) is 3.10. The van der Waals surface area contributed by atoms with E-state index < -0.39 is 0 Å². The van der Waals surface area contributed by atoms with Crippen LogP contribution in [0.5, 0.6) is 0 Å². The van der Waals surface area contributed by atoms with Crippen molar-refractivity contribution in [3.8, 4) is 17.4 Å². The summed E-state index contributed by atoms with van der Waals surface area (Å²) >= 11 is 0. The third-order valence-corrected chi connectivity index (χ3v) is 4.84. The maximum atomic E-state index is 12.4. The second-order valence-electron chi connectivity index (χ2n) is 6.58. The molecule has 1 fully saturated rings. The van der Waals surface area contributed by atoms with Gasteiger partial charge < -0.3 is 14.3 Å². The number of carbonyl (C=O) groups excluding carboxylic acids is 1. The molecule has 136 valence electrons. The lowest BCUT2D eigenvalue weighted by Crippen LogP contribution is -2.48. The Morgan fingerprint density at radius 2 is 1.89 bits per heavy atom. The normalized spacial score (nSPS) is 14.9. The van der Waals surface area contributed by atoms with E-state index in [1.54, 1.807) is 18.3 Å². The first-order valence-corrected chi connectivity index (χ1v) is 8.98. The highest BCUT2D eigenvalue weighted by molar-refractivity contribution is 5.92. The fourth-order valence-electron chi connectivity index (χ4n) is 3.37. The summed E-state index contributed by atoms with van der Waals surface area (Å²) in [4.78, 5) is 19.5. The van der Waals surface area contributed by atoms with Crippen molar-refractivity contribution in [2.45, 2.75) is 6.54 Å². The van der Waals surface area contributed by atoms with E-state index in [9.17, 15) is 10.1 Å². The molecule has 27 heavy (non-hydrogen) atoms. The molecule has 6 heteroatoms. The average Bonchev–Trinajstić information content (AvgIpc) is 3.40. The standard InChI is InChI=1S/C21H20N4O2/c22-14-16-4-1-2-5-18(16)20-8-7-17(27-20)15-24-10-12-25(13-11-24)21(26)19-6-3-9-23-19/h1-9,23H,10-13,15H2. The van der Waals surface area contributed by atoms with Crippen LogP contribution < -0.4 is 0 Å². The number of rotatable bonds is 4. The van der Waals surface area contributed by atoms with Gasteiger partial charge in [0.15, 0.2) is 0 Å². The number of benzene rings is 1. The number of aromatic nitrogens is 1. The van der Waals surface area contributed by atoms with Gasteiger partial charge in [0.1, 0.15) is 17.2 Å². The van der Waals surface area contributed by atoms with Gasteiger partial charge in [0.25, 0.3) is 5.91 Å². The van der Waals surface area contributed by atoms with Crippen LogP contribution in [0.25, 0.3) is 11.3 Å². The van der Waals surface area contributed by atoms with E-state index in [1.165, 1.54) is 0 Å². The highest BCUT2D eigenvalue weighted by Gasteiger charge is 2.23. The lowest BCUT2D eigenvalue weighted by atomic mass is 10.1. The number of nitrogens with one attached hydrogen (secondary N) is 1. The maximum absolute atomic E-state index is 12.4. The number of H-pyrrole nitrogens is 1. The second kappa shape index (κ2) is 7.52. The monoisotopic (exact) mass is 360 g/mol. The molecule has 1 N–H and O–H groups in total. The zero-order valence-corrected chi connectivity index (χ0v) is 14.9. The Bertz CT molecular complexity index is 960. The first-order valence-electron chi connectivity index (χ1n) is 8.98. The van der Waals surface area contributed by atoms with Gasteiger partial charge in [0.05, 0.1) is 18.2 Å². The first kappa shape index (κ1) is 17.1. The predicted molar refractivity (Wildman–Crippen MR) is 101 cm³/mol. The molecule has 0 unspecified atom stereocenters. The van der Waals surface area contributed by atoms with Gasteiger partial charge in [-0.3, -0.25) is 9.69 Å². The van der Waals surface area contributed by atoms with Gasteiger partial charge >= 0.3 is 0 Å². The van der Waals surface area contributed by atoms with Crippen LogP contribution in [0.3, 0.4) is 0 Å². The number of piperazine rings is 1. The molecule has 0 radical (unpaired) electrons. The maximum Gasteiger partial charge on any atom is 0.270 e. The second-order valence-corrected chi connectivity index (χ2v) is 6.58. The number of nitriles is 1. The Labute approximate surface area is 157 Å². The summed E-state index contributed by atoms with van der Waals surface area (Å²) < 4.78 is 5.97. The Morgan fingerprint density at radius 3 is 2.63 bits per heavy atom. The lowest BCUT2D eigenvalue weighted by Gasteiger charge is -2.34. The number of aromatic amines is 1. The van der Waals surface area contributed by atoms with E-state index in [0.717, 1.165) is 24.4 Å². The summed E-state index contributed by atoms with van der Waals surface area (Å²) in [6, 6.07) is 17.1. The van der Waals surface area contributed by atoms with Crippen molar-refractivity contribution in [3.63, 3.8) is 0 Å². The summed E-state index contributed by atoms with van der Waals surface area (Å²) in [5.41, 5.74) is 2.05. The van der Waals surface area contributed by atoms with Crippen LogP contribution in [0.2, 0.25) is 0 Å². The molecule has 0 aliphatic carbocycles. The lowest BCUT2D eigenvalue weighted by molar-refractivity contribution is 0.0615. The van der Waals surface area contributed by atoms with Crippen molar-refractivity contribution in [3.05, 3.63) is 71.7 Å². The summed E-state index contributed by atoms with van der Waals surface area (Å²) in [5, 5.41) is 9.25. The van der Waals surface area contributed by atoms with Crippen LogP contribution in [0.4, 0.5) is 0 Å². The van der Waals surface area contributed by atoms with Crippen molar-refractivity contribution in [1.29, 1.82) is 5.26 Å². The van der Waals surface area contributed by atoms with Crippen LogP contribution in [-0.2, 0) is 6.54 Å². The zero-order valence-electron chi connectivity index (χ0n) is 14.9. The van der Waals surface area contributed by atoms with E-state index in [-0.39, 0.29) is 5.91 Å². The summed E-state index contributed by atoms with van der Waals surface area (Å²) in [5.74, 6) is 1.62. The molecule has 0 saturated carbocycles. The Morgan fingerprint density at radius 1 is 1.07 bits per heavy atom. The number of amides is 1. The van der Waals surface area contributed by atoms with E-state index in [1.807, 2.05) is 41.3 Å². The summed E-state index contributed by atoms with van der Waals surface area (Å²) in [6.07, 6.45) is 1.77. The fraction of sp³-hybridized carbons (Fsp3) is 0.238. The molecule has 1 aromatic carbocycles. The van der Waals surface area contributed by atoms with Crippen LogP contribution in [0.1, 0.15) is 21.8 Å². The van der Waals surface area contributed by atoms with E-state index >= 15 is 0 Å². The molecule has 0 spiro atoms. The van der Waals surface area contributed by atoms with Crippen LogP contribution in [0, 0.1) is 11.3 Å². The largest absolute Gasteiger partial charge is 0.460 e. The number of hydrogen-bond donors (Lipinski definition) is 1. The molecule has 6 nitrogen and oxygen atoms in total. The Balaban J connectivity index is 1.37. The third kappa shape index (κ3) is 3.64. The van der Waals surface area contributed by atoms with Crippen molar-refractivity contribution < 1.29 is 9.21 Å². The number of furan rings is 1. The third-order valence-electron chi connectivity index (χ3n) is 4.84. The zero-order chi connectivity index (χ0) is 18.6. The van der Waals surface area contributed by atoms with Crippen LogP contribution >= 0.6 is 0 Å². The van der Waals surface area contributed by atoms with Gasteiger partial charge in [-0.2, -0.15) is 5.26 Å². The number of carbonyl (C=O) groups is 1. The quantitative estimate of drug-likeness (QED) is 0.776. The van der Waals surface area contributed by atoms with Crippen molar-refractivity contribution in [2.24, 2.45) is 0 Å². The molecule has 0 atom stereocenters. The average molecular weight is 360 g/mol. The van der Waals surface area contributed by atoms with E-state index in [4.69, 9.17) is 4.42 Å². The summed E-state index contributed by atoms with van der Waals surface area (Å²) in [7, 11) is 0. The van der Waals surface area contributed by atoms with Crippen molar-refractivity contribution >= 4 is 5.91 Å². The topological polar surface area (TPSA) is 76.3 Å². The Hall–Kier alpha value is -3.30. The van der Waals surface area contributed by atoms with Gasteiger partial charge in [-0.1, -0.05) is 12.1 Å². The molecule has 0 bridgehead atoms. The van der Waals surface area contributed by atoms with Crippen molar-refractivity contribution in [2.75, 3.05) is 26.2 Å². The smallest absolute Gasteiger partial charge is 0.270 e. The number of nitrogens with zero attached hydrogens (tertiary/aromatic N) is 3. The van der Waals surface area contributed by atoms with Crippen LogP contribution in [-0.4, -0.2) is 46.9 Å². The minimum atomic E-state index is 0.0491. The molecule has 3 heterocycles. The van der Waals surface area contributed by atoms with E-state index in [2.05, 4.69) is 16.0 Å². The van der Waals surface area contributed by atoms with Gasteiger partial charge in [0.2, 0.25) is 0 Å². The number of hydrogen-bond acceptors (Lipinski definition) is 4. The van der Waals surface area contributed by atoms with Gasteiger partial charge in [-0.05, 0) is 36.4 Å². The van der Waals surface area contributed by atoms with Gasteiger partial charge in [0, 0.05) is 37.9 Å². The molecular formula is C21H20N4O2. The molecule has 1 amide bonds. The minimum absolute atomic E-state index is 0.0491. The highest BCUT2D eigenvalue weighted by atomic mass is 16.3. The Kier molecular flexibility index (Phi) is 4.77. The molecule has 4 rings (SSSR count). The SMILES string of the molecule is N#Cc1ccccc1-c1ccc(CN2CCN(C(=O)c3ccc[nH]3)CC2)o1. The molecular weight excluding hydrogens is 340 g/mol. The minimum Gasteiger partial charge on any atom is -0.460 e. The molecule has 3 aromatic rings. The molecule has 1 aliphatic heterocycles. The molecule has 1 aliphatic rings. The van der Waals surface area contributed by atoms with Gasteiger partial charge in [-0.15, -0.1) is 0 Å². The van der Waals surface area contributed by atoms with E-state index in [0.29, 0.717) is 36.7 Å². The van der Waals surface area contributed by atoms with Gasteiger partial charge in [-0.25, -0.2) is 0 Å². The summed E-state index contributed by atoms with van der Waals surface area (Å²) in [6.45, 7) is 3.69. The first-order chi connectivity index (χ1) is 13.2.